The van der Waals surface area contributed by atoms with Crippen LogP contribution in [-0.4, -0.2) is 46.9 Å². The minimum Gasteiger partial charge on any atom is -0.489 e. The van der Waals surface area contributed by atoms with Crippen LogP contribution in [0.2, 0.25) is 0 Å². The van der Waals surface area contributed by atoms with E-state index in [1.165, 1.54) is 6.42 Å². The molecule has 0 bridgehead atoms. The van der Waals surface area contributed by atoms with Crippen molar-refractivity contribution in [1.29, 1.82) is 0 Å². The molecule has 1 amide bonds. The molecule has 1 fully saturated rings. The molecule has 0 aliphatic heterocycles. The van der Waals surface area contributed by atoms with Crippen molar-refractivity contribution in [3.63, 3.8) is 0 Å². The smallest absolute Gasteiger partial charge is 0.410 e. The van der Waals surface area contributed by atoms with Gasteiger partial charge in [-0.25, -0.2) is 9.59 Å². The Labute approximate surface area is 224 Å². The standard InChI is InChI=1S/C32H37NO5/c1-32(2,3)38-31(36)33(27-12-5-4-6-13-27)21-24(20-23-16-18-26(19-17-23)30(34)35)22-37-29-15-9-11-25-10-7-8-14-28(25)29/h7-11,14-20,27H,4-6,12-13,21-22H2,1-3H3,(H,34,35)/b24-20-. The first-order valence-corrected chi connectivity index (χ1v) is 13.3. The van der Waals surface area contributed by atoms with Crippen LogP contribution in [0.1, 0.15) is 68.8 Å². The van der Waals surface area contributed by atoms with Crippen LogP contribution in [0.5, 0.6) is 5.75 Å². The van der Waals surface area contributed by atoms with Crippen LogP contribution in [0.25, 0.3) is 16.8 Å². The summed E-state index contributed by atoms with van der Waals surface area (Å²) in [4.78, 5) is 26.6. The first-order chi connectivity index (χ1) is 18.2. The van der Waals surface area contributed by atoms with E-state index in [4.69, 9.17) is 9.47 Å². The third kappa shape index (κ3) is 7.37. The second-order valence-corrected chi connectivity index (χ2v) is 10.9. The van der Waals surface area contributed by atoms with Crippen molar-refractivity contribution in [2.24, 2.45) is 0 Å². The van der Waals surface area contributed by atoms with Crippen LogP contribution >= 0.6 is 0 Å². The molecule has 1 aliphatic carbocycles. The average molecular weight is 516 g/mol. The van der Waals surface area contributed by atoms with Crippen molar-refractivity contribution < 1.29 is 24.2 Å². The summed E-state index contributed by atoms with van der Waals surface area (Å²) in [6.45, 7) is 6.29. The number of amides is 1. The quantitative estimate of drug-likeness (QED) is 0.335. The van der Waals surface area contributed by atoms with E-state index in [1.807, 2.05) is 62.1 Å². The fourth-order valence-electron chi connectivity index (χ4n) is 4.86. The highest BCUT2D eigenvalue weighted by Gasteiger charge is 2.30. The number of benzene rings is 3. The van der Waals surface area contributed by atoms with Crippen LogP contribution in [0.15, 0.2) is 72.3 Å². The number of carbonyl (C=O) groups is 2. The highest BCUT2D eigenvalue weighted by Crippen LogP contribution is 2.28. The number of carboxylic acid groups (broad SMARTS) is 1. The Bertz CT molecular complexity index is 1280. The Morgan fingerprint density at radius 2 is 1.63 bits per heavy atom. The number of carboxylic acids is 1. The maximum atomic E-state index is 13.4. The Balaban J connectivity index is 1.64. The highest BCUT2D eigenvalue weighted by molar-refractivity contribution is 5.88. The van der Waals surface area contributed by atoms with Crippen LogP contribution in [0.3, 0.4) is 0 Å². The Morgan fingerprint density at radius 3 is 2.32 bits per heavy atom. The Kier molecular flexibility index (Phi) is 8.72. The van der Waals surface area contributed by atoms with Gasteiger partial charge in [-0.1, -0.05) is 73.9 Å². The second-order valence-electron chi connectivity index (χ2n) is 10.9. The SMILES string of the molecule is CC(C)(C)OC(=O)N(C/C(=C/c1ccc(C(=O)O)cc1)COc1cccc2ccccc12)C1CCCCC1. The summed E-state index contributed by atoms with van der Waals surface area (Å²) in [7, 11) is 0. The fraction of sp³-hybridized carbons (Fsp3) is 0.375. The number of rotatable bonds is 8. The van der Waals surface area contributed by atoms with E-state index in [1.54, 1.807) is 24.3 Å². The molecule has 0 radical (unpaired) electrons. The molecule has 0 unspecified atom stereocenters. The molecule has 0 atom stereocenters. The Hall–Kier alpha value is -3.80. The molecule has 0 aromatic heterocycles. The monoisotopic (exact) mass is 515 g/mol. The summed E-state index contributed by atoms with van der Waals surface area (Å²) in [6.07, 6.45) is 6.92. The number of ether oxygens (including phenoxy) is 2. The van der Waals surface area contributed by atoms with Crippen LogP contribution < -0.4 is 4.74 Å². The van der Waals surface area contributed by atoms with Gasteiger partial charge < -0.3 is 19.5 Å². The van der Waals surface area contributed by atoms with Gasteiger partial charge in [0.2, 0.25) is 0 Å². The third-order valence-corrected chi connectivity index (χ3v) is 6.71. The lowest BCUT2D eigenvalue weighted by Gasteiger charge is -2.36. The molecule has 0 saturated heterocycles. The lowest BCUT2D eigenvalue weighted by Crippen LogP contribution is -2.45. The molecule has 1 N–H and O–H groups in total. The van der Waals surface area contributed by atoms with Gasteiger partial charge in [0, 0.05) is 18.0 Å². The Morgan fingerprint density at radius 1 is 0.947 bits per heavy atom. The zero-order valence-electron chi connectivity index (χ0n) is 22.5. The van der Waals surface area contributed by atoms with Gasteiger partial charge >= 0.3 is 12.1 Å². The van der Waals surface area contributed by atoms with E-state index < -0.39 is 11.6 Å². The lowest BCUT2D eigenvalue weighted by molar-refractivity contribution is 0.0141. The van der Waals surface area contributed by atoms with Crippen LogP contribution in [0, 0.1) is 0 Å². The maximum Gasteiger partial charge on any atom is 0.410 e. The van der Waals surface area contributed by atoms with Crippen molar-refractivity contribution in [2.45, 2.75) is 64.5 Å². The summed E-state index contributed by atoms with van der Waals surface area (Å²) < 4.78 is 12.2. The van der Waals surface area contributed by atoms with Gasteiger partial charge in [0.25, 0.3) is 0 Å². The first kappa shape index (κ1) is 27.2. The van der Waals surface area contributed by atoms with Crippen LogP contribution in [-0.2, 0) is 4.74 Å². The van der Waals surface area contributed by atoms with Crippen molar-refractivity contribution in [3.05, 3.63) is 83.4 Å². The van der Waals surface area contributed by atoms with Gasteiger partial charge in [-0.3, -0.25) is 0 Å². The van der Waals surface area contributed by atoms with Crippen molar-refractivity contribution in [2.75, 3.05) is 13.2 Å². The van der Waals surface area contributed by atoms with E-state index in [9.17, 15) is 14.7 Å². The summed E-state index contributed by atoms with van der Waals surface area (Å²) in [5.74, 6) is -0.190. The minimum absolute atomic E-state index is 0.106. The molecule has 1 saturated carbocycles. The summed E-state index contributed by atoms with van der Waals surface area (Å²) in [5.41, 5.74) is 1.38. The average Bonchev–Trinajstić information content (AvgIpc) is 2.90. The molecular weight excluding hydrogens is 478 g/mol. The lowest BCUT2D eigenvalue weighted by atomic mass is 9.94. The van der Waals surface area contributed by atoms with Crippen LogP contribution in [0.4, 0.5) is 4.79 Å². The molecule has 6 nitrogen and oxygen atoms in total. The molecule has 38 heavy (non-hydrogen) atoms. The van der Waals surface area contributed by atoms with E-state index >= 15 is 0 Å². The van der Waals surface area contributed by atoms with E-state index in [0.29, 0.717) is 6.54 Å². The fourth-order valence-corrected chi connectivity index (χ4v) is 4.86. The first-order valence-electron chi connectivity index (χ1n) is 13.3. The van der Waals surface area contributed by atoms with Crippen molar-refractivity contribution in [3.8, 4) is 5.75 Å². The van der Waals surface area contributed by atoms with Gasteiger partial charge in [-0.05, 0) is 68.3 Å². The number of hydrogen-bond acceptors (Lipinski definition) is 4. The molecule has 0 heterocycles. The predicted octanol–water partition coefficient (Wildman–Crippen LogP) is 7.57. The molecular formula is C32H37NO5. The van der Waals surface area contributed by atoms with Gasteiger partial charge in [0.05, 0.1) is 5.56 Å². The second kappa shape index (κ2) is 12.2. The number of fused-ring (bicyclic) bond motifs is 1. The molecule has 1 aliphatic rings. The van der Waals surface area contributed by atoms with Gasteiger partial charge in [-0.15, -0.1) is 0 Å². The van der Waals surface area contributed by atoms with E-state index in [2.05, 4.69) is 12.1 Å². The zero-order valence-corrected chi connectivity index (χ0v) is 22.5. The van der Waals surface area contributed by atoms with Gasteiger partial charge in [0.1, 0.15) is 18.0 Å². The number of nitrogens with zero attached hydrogens (tertiary/aromatic N) is 1. The molecule has 6 heteroatoms. The van der Waals surface area contributed by atoms with Gasteiger partial charge in [-0.2, -0.15) is 0 Å². The highest BCUT2D eigenvalue weighted by atomic mass is 16.6. The maximum absolute atomic E-state index is 13.4. The molecule has 3 aromatic carbocycles. The number of hydrogen-bond donors (Lipinski definition) is 1. The normalized spacial score (nSPS) is 14.8. The predicted molar refractivity (Wildman–Crippen MR) is 151 cm³/mol. The summed E-state index contributed by atoms with van der Waals surface area (Å²) in [6, 6.07) is 20.9. The summed E-state index contributed by atoms with van der Waals surface area (Å²) >= 11 is 0. The van der Waals surface area contributed by atoms with Crippen molar-refractivity contribution in [1.82, 2.24) is 4.90 Å². The van der Waals surface area contributed by atoms with E-state index in [-0.39, 0.29) is 24.3 Å². The molecule has 200 valence electrons. The third-order valence-electron chi connectivity index (χ3n) is 6.71. The largest absolute Gasteiger partial charge is 0.489 e. The molecule has 3 aromatic rings. The molecule has 4 rings (SSSR count). The molecule has 0 spiro atoms. The minimum atomic E-state index is -0.964. The zero-order chi connectivity index (χ0) is 27.1. The summed E-state index contributed by atoms with van der Waals surface area (Å²) in [5, 5.41) is 11.4. The number of carbonyl (C=O) groups excluding carboxylic acids is 1. The van der Waals surface area contributed by atoms with E-state index in [0.717, 1.165) is 53.3 Å². The van der Waals surface area contributed by atoms with Gasteiger partial charge in [0.15, 0.2) is 0 Å². The topological polar surface area (TPSA) is 76.1 Å². The van der Waals surface area contributed by atoms with Crippen molar-refractivity contribution >= 4 is 28.9 Å². The number of aromatic carboxylic acids is 1.